The monoisotopic (exact) mass is 338 g/mol. The van der Waals surface area contributed by atoms with Gasteiger partial charge < -0.3 is 19.7 Å². The van der Waals surface area contributed by atoms with Crippen LogP contribution in [-0.2, 0) is 14.3 Å². The number of piperidine rings is 1. The predicted octanol–water partition coefficient (Wildman–Crippen LogP) is 1.62. The predicted molar refractivity (Wildman–Crippen MR) is 86.3 cm³/mol. The Bertz CT molecular complexity index is 530. The Morgan fingerprint density at radius 1 is 1.26 bits per heavy atom. The second-order valence-corrected chi connectivity index (χ2v) is 6.64. The normalized spacial score (nSPS) is 19.9. The highest BCUT2D eigenvalue weighted by molar-refractivity contribution is 7.08. The Balaban J connectivity index is 1.33. The van der Waals surface area contributed by atoms with Crippen molar-refractivity contribution in [2.75, 3.05) is 32.8 Å². The third-order valence-electron chi connectivity index (χ3n) is 4.33. The molecule has 126 valence electrons. The van der Waals surface area contributed by atoms with Gasteiger partial charge in [0, 0.05) is 49.8 Å². The lowest BCUT2D eigenvalue weighted by atomic mass is 10.0. The SMILES string of the molecule is O=C(NCCCC(=O)N1CCC2(CC1)OCCO2)c1ccsc1. The summed E-state index contributed by atoms with van der Waals surface area (Å²) < 4.78 is 11.3. The number of amides is 2. The summed E-state index contributed by atoms with van der Waals surface area (Å²) in [5, 5.41) is 6.53. The summed E-state index contributed by atoms with van der Waals surface area (Å²) in [6.07, 6.45) is 2.60. The molecule has 2 aliphatic rings. The van der Waals surface area contributed by atoms with Gasteiger partial charge >= 0.3 is 0 Å². The van der Waals surface area contributed by atoms with Crippen LogP contribution in [0.3, 0.4) is 0 Å². The summed E-state index contributed by atoms with van der Waals surface area (Å²) >= 11 is 1.50. The van der Waals surface area contributed by atoms with Crippen LogP contribution in [0.4, 0.5) is 0 Å². The first kappa shape index (κ1) is 16.4. The Labute approximate surface area is 139 Å². The average molecular weight is 338 g/mol. The lowest BCUT2D eigenvalue weighted by Crippen LogP contribution is -2.47. The maximum atomic E-state index is 12.2. The van der Waals surface area contributed by atoms with Gasteiger partial charge in [0.1, 0.15) is 0 Å². The van der Waals surface area contributed by atoms with E-state index < -0.39 is 5.79 Å². The van der Waals surface area contributed by atoms with Crippen LogP contribution in [-0.4, -0.2) is 55.3 Å². The van der Waals surface area contributed by atoms with E-state index in [0.717, 1.165) is 12.8 Å². The van der Waals surface area contributed by atoms with Crippen molar-refractivity contribution in [3.05, 3.63) is 22.4 Å². The summed E-state index contributed by atoms with van der Waals surface area (Å²) in [6.45, 7) is 3.18. The first-order valence-corrected chi connectivity index (χ1v) is 8.99. The second kappa shape index (κ2) is 7.42. The van der Waals surface area contributed by atoms with Crippen LogP contribution in [0.25, 0.3) is 0 Å². The fourth-order valence-corrected chi connectivity index (χ4v) is 3.61. The summed E-state index contributed by atoms with van der Waals surface area (Å²) in [5.74, 6) is -0.373. The molecule has 2 aliphatic heterocycles. The first-order valence-electron chi connectivity index (χ1n) is 8.05. The van der Waals surface area contributed by atoms with Crippen LogP contribution in [0.15, 0.2) is 16.8 Å². The molecule has 1 spiro atoms. The van der Waals surface area contributed by atoms with Gasteiger partial charge in [0.25, 0.3) is 5.91 Å². The van der Waals surface area contributed by atoms with E-state index in [-0.39, 0.29) is 11.8 Å². The summed E-state index contributed by atoms with van der Waals surface area (Å²) in [4.78, 5) is 25.8. The third-order valence-corrected chi connectivity index (χ3v) is 5.01. The zero-order valence-electron chi connectivity index (χ0n) is 13.1. The van der Waals surface area contributed by atoms with Crippen LogP contribution in [0.5, 0.6) is 0 Å². The molecule has 3 heterocycles. The molecule has 3 rings (SSSR count). The van der Waals surface area contributed by atoms with Gasteiger partial charge in [-0.2, -0.15) is 11.3 Å². The highest BCUT2D eigenvalue weighted by atomic mass is 32.1. The van der Waals surface area contributed by atoms with Crippen molar-refractivity contribution in [1.82, 2.24) is 10.2 Å². The molecule has 0 radical (unpaired) electrons. The van der Waals surface area contributed by atoms with Gasteiger partial charge in [-0.1, -0.05) is 0 Å². The Morgan fingerprint density at radius 2 is 2.00 bits per heavy atom. The number of hydrogen-bond donors (Lipinski definition) is 1. The Morgan fingerprint density at radius 3 is 2.65 bits per heavy atom. The lowest BCUT2D eigenvalue weighted by Gasteiger charge is -2.37. The highest BCUT2D eigenvalue weighted by Gasteiger charge is 2.40. The quantitative estimate of drug-likeness (QED) is 0.829. The minimum absolute atomic E-state index is 0.0749. The lowest BCUT2D eigenvalue weighted by molar-refractivity contribution is -0.187. The molecule has 1 aromatic rings. The van der Waals surface area contributed by atoms with Gasteiger partial charge in [-0.3, -0.25) is 9.59 Å². The zero-order valence-corrected chi connectivity index (χ0v) is 13.9. The van der Waals surface area contributed by atoms with Gasteiger partial charge in [0.15, 0.2) is 5.79 Å². The van der Waals surface area contributed by atoms with E-state index in [1.54, 1.807) is 6.07 Å². The third kappa shape index (κ3) is 4.10. The van der Waals surface area contributed by atoms with Crippen LogP contribution < -0.4 is 5.32 Å². The van der Waals surface area contributed by atoms with Crippen LogP contribution >= 0.6 is 11.3 Å². The fraction of sp³-hybridized carbons (Fsp3) is 0.625. The van der Waals surface area contributed by atoms with Gasteiger partial charge in [0.05, 0.1) is 13.2 Å². The van der Waals surface area contributed by atoms with E-state index >= 15 is 0 Å². The molecule has 0 aliphatic carbocycles. The Kier molecular flexibility index (Phi) is 5.30. The molecule has 2 fully saturated rings. The maximum absolute atomic E-state index is 12.2. The molecule has 0 aromatic carbocycles. The first-order chi connectivity index (χ1) is 11.2. The van der Waals surface area contributed by atoms with E-state index in [0.29, 0.717) is 51.3 Å². The molecule has 6 nitrogen and oxygen atoms in total. The number of hydrogen-bond acceptors (Lipinski definition) is 5. The van der Waals surface area contributed by atoms with Crippen molar-refractivity contribution in [3.63, 3.8) is 0 Å². The molecule has 2 saturated heterocycles. The number of carbonyl (C=O) groups is 2. The van der Waals surface area contributed by atoms with Crippen molar-refractivity contribution >= 4 is 23.2 Å². The van der Waals surface area contributed by atoms with E-state index in [2.05, 4.69) is 5.32 Å². The zero-order chi connectivity index (χ0) is 16.1. The number of likely N-dealkylation sites (tertiary alicyclic amines) is 1. The van der Waals surface area contributed by atoms with E-state index in [1.165, 1.54) is 11.3 Å². The molecule has 0 saturated carbocycles. The van der Waals surface area contributed by atoms with Crippen molar-refractivity contribution in [2.45, 2.75) is 31.5 Å². The molecular weight excluding hydrogens is 316 g/mol. The summed E-state index contributed by atoms with van der Waals surface area (Å²) in [6, 6.07) is 1.79. The molecule has 23 heavy (non-hydrogen) atoms. The standard InChI is InChI=1S/C16H22N2O4S/c19-14(2-1-6-17-15(20)13-3-11-23-12-13)18-7-4-16(5-8-18)21-9-10-22-16/h3,11-12H,1-2,4-10H2,(H,17,20). The molecule has 1 aromatic heterocycles. The summed E-state index contributed by atoms with van der Waals surface area (Å²) in [5.41, 5.74) is 0.680. The topological polar surface area (TPSA) is 67.9 Å². The number of rotatable bonds is 5. The van der Waals surface area contributed by atoms with Crippen molar-refractivity contribution in [2.24, 2.45) is 0 Å². The van der Waals surface area contributed by atoms with Crippen molar-refractivity contribution in [3.8, 4) is 0 Å². The fourth-order valence-electron chi connectivity index (χ4n) is 2.98. The Hall–Kier alpha value is -1.44. The maximum Gasteiger partial charge on any atom is 0.252 e. The smallest absolute Gasteiger partial charge is 0.252 e. The molecule has 0 unspecified atom stereocenters. The van der Waals surface area contributed by atoms with Gasteiger partial charge in [-0.15, -0.1) is 0 Å². The van der Waals surface area contributed by atoms with Gasteiger partial charge in [-0.25, -0.2) is 0 Å². The minimum atomic E-state index is -0.439. The molecule has 0 atom stereocenters. The molecular formula is C16H22N2O4S. The van der Waals surface area contributed by atoms with Crippen LogP contribution in [0, 0.1) is 0 Å². The number of ether oxygens (including phenoxy) is 2. The van der Waals surface area contributed by atoms with Gasteiger partial charge in [0.2, 0.25) is 5.91 Å². The molecule has 2 amide bonds. The molecule has 1 N–H and O–H groups in total. The van der Waals surface area contributed by atoms with Crippen LogP contribution in [0.2, 0.25) is 0 Å². The average Bonchev–Trinajstić information content (AvgIpc) is 3.24. The van der Waals surface area contributed by atoms with Crippen LogP contribution in [0.1, 0.15) is 36.0 Å². The second-order valence-electron chi connectivity index (χ2n) is 5.86. The highest BCUT2D eigenvalue weighted by Crippen LogP contribution is 2.31. The molecule has 0 bridgehead atoms. The number of carbonyl (C=O) groups excluding carboxylic acids is 2. The van der Waals surface area contributed by atoms with Gasteiger partial charge in [-0.05, 0) is 17.9 Å². The number of thiophene rings is 1. The van der Waals surface area contributed by atoms with E-state index in [4.69, 9.17) is 9.47 Å². The van der Waals surface area contributed by atoms with E-state index in [1.807, 2.05) is 15.7 Å². The minimum Gasteiger partial charge on any atom is -0.352 e. The summed E-state index contributed by atoms with van der Waals surface area (Å²) in [7, 11) is 0. The number of nitrogens with one attached hydrogen (secondary N) is 1. The van der Waals surface area contributed by atoms with Crippen molar-refractivity contribution < 1.29 is 19.1 Å². The number of nitrogens with zero attached hydrogens (tertiary/aromatic N) is 1. The molecule has 7 heteroatoms. The van der Waals surface area contributed by atoms with E-state index in [9.17, 15) is 9.59 Å². The van der Waals surface area contributed by atoms with Crippen molar-refractivity contribution in [1.29, 1.82) is 0 Å². The largest absolute Gasteiger partial charge is 0.352 e.